The Kier molecular flexibility index (Phi) is 5.23. The van der Waals surface area contributed by atoms with Crippen molar-refractivity contribution in [1.29, 1.82) is 0 Å². The minimum absolute atomic E-state index is 0.131. The molecule has 1 unspecified atom stereocenters. The number of hydrogen-bond donors (Lipinski definition) is 0. The number of rotatable bonds is 6. The molecule has 0 saturated heterocycles. The van der Waals surface area contributed by atoms with Gasteiger partial charge in [0.15, 0.2) is 6.29 Å². The van der Waals surface area contributed by atoms with Gasteiger partial charge in [0.1, 0.15) is 0 Å². The van der Waals surface area contributed by atoms with Crippen molar-refractivity contribution >= 4 is 5.69 Å². The van der Waals surface area contributed by atoms with E-state index in [2.05, 4.69) is 36.1 Å². The molecule has 1 heterocycles. The molecule has 0 radical (unpaired) electrons. The Morgan fingerprint density at radius 1 is 1.21 bits per heavy atom. The van der Waals surface area contributed by atoms with Gasteiger partial charge in [0.2, 0.25) is 0 Å². The van der Waals surface area contributed by atoms with Crippen LogP contribution in [0.5, 0.6) is 0 Å². The summed E-state index contributed by atoms with van der Waals surface area (Å²) >= 11 is 0. The molecule has 0 spiro atoms. The molecule has 2 rings (SSSR count). The van der Waals surface area contributed by atoms with Crippen molar-refractivity contribution in [3.05, 3.63) is 29.8 Å². The van der Waals surface area contributed by atoms with Crippen LogP contribution in [-0.2, 0) is 15.9 Å². The molecule has 0 saturated carbocycles. The summed E-state index contributed by atoms with van der Waals surface area (Å²) in [7, 11) is 0. The van der Waals surface area contributed by atoms with Crippen molar-refractivity contribution in [2.24, 2.45) is 5.92 Å². The van der Waals surface area contributed by atoms with Crippen LogP contribution in [0.2, 0.25) is 0 Å². The third-order valence-electron chi connectivity index (χ3n) is 3.51. The normalized spacial score (nSPS) is 18.7. The van der Waals surface area contributed by atoms with E-state index in [1.54, 1.807) is 0 Å². The lowest BCUT2D eigenvalue weighted by Crippen LogP contribution is -2.41. The molecular formula is C16H25NO2. The molecule has 0 N–H and O–H groups in total. The van der Waals surface area contributed by atoms with Gasteiger partial charge in [0.05, 0.1) is 6.54 Å². The molecule has 0 aromatic heterocycles. The average molecular weight is 263 g/mol. The largest absolute Gasteiger partial charge is 0.366 e. The maximum absolute atomic E-state index is 5.67. The minimum Gasteiger partial charge on any atom is -0.366 e. The highest BCUT2D eigenvalue weighted by Crippen LogP contribution is 2.29. The molecule has 0 amide bonds. The summed E-state index contributed by atoms with van der Waals surface area (Å²) < 4.78 is 11.3. The molecule has 1 aliphatic heterocycles. The van der Waals surface area contributed by atoms with Gasteiger partial charge in [-0.05, 0) is 37.8 Å². The Morgan fingerprint density at radius 3 is 2.58 bits per heavy atom. The smallest absolute Gasteiger partial charge is 0.174 e. The van der Waals surface area contributed by atoms with Gasteiger partial charge >= 0.3 is 0 Å². The van der Waals surface area contributed by atoms with Crippen LogP contribution in [0.4, 0.5) is 5.69 Å². The maximum atomic E-state index is 5.67. The van der Waals surface area contributed by atoms with Crippen LogP contribution in [0, 0.1) is 5.92 Å². The summed E-state index contributed by atoms with van der Waals surface area (Å²) in [5.74, 6) is 0.679. The molecule has 106 valence electrons. The molecule has 0 fully saturated rings. The quantitative estimate of drug-likeness (QED) is 0.736. The molecule has 3 heteroatoms. The van der Waals surface area contributed by atoms with Gasteiger partial charge in [0.25, 0.3) is 0 Å². The molecule has 1 atom stereocenters. The summed E-state index contributed by atoms with van der Waals surface area (Å²) in [6.07, 6.45) is 1.04. The Bertz CT molecular complexity index is 388. The van der Waals surface area contributed by atoms with Crippen LogP contribution in [0.1, 0.15) is 26.3 Å². The van der Waals surface area contributed by atoms with Gasteiger partial charge in [-0.2, -0.15) is 0 Å². The maximum Gasteiger partial charge on any atom is 0.174 e. The van der Waals surface area contributed by atoms with E-state index < -0.39 is 0 Å². The fraction of sp³-hybridized carbons (Fsp3) is 0.625. The fourth-order valence-corrected chi connectivity index (χ4v) is 2.78. The van der Waals surface area contributed by atoms with Gasteiger partial charge in [-0.15, -0.1) is 0 Å². The summed E-state index contributed by atoms with van der Waals surface area (Å²) in [5, 5.41) is 0. The first-order valence-electron chi connectivity index (χ1n) is 7.30. The number of fused-ring (bicyclic) bond motifs is 1. The van der Waals surface area contributed by atoms with Crippen molar-refractivity contribution in [2.75, 3.05) is 31.2 Å². The Balaban J connectivity index is 2.10. The molecule has 3 nitrogen and oxygen atoms in total. The second kappa shape index (κ2) is 6.92. The predicted molar refractivity (Wildman–Crippen MR) is 78.6 cm³/mol. The molecule has 0 aliphatic carbocycles. The SMILES string of the molecule is CCOC(CN1CC(C)Cc2ccccc21)OCC. The standard InChI is InChI=1S/C16H25NO2/c1-4-18-16(19-5-2)12-17-11-13(3)10-14-8-6-7-9-15(14)17/h6-9,13,16H,4-5,10-12H2,1-3H3. The average Bonchev–Trinajstić information content (AvgIpc) is 2.39. The Hall–Kier alpha value is -1.06. The fourth-order valence-electron chi connectivity index (χ4n) is 2.78. The zero-order valence-corrected chi connectivity index (χ0v) is 12.3. The Morgan fingerprint density at radius 2 is 1.89 bits per heavy atom. The molecule has 19 heavy (non-hydrogen) atoms. The van der Waals surface area contributed by atoms with Crippen LogP contribution in [0.15, 0.2) is 24.3 Å². The first kappa shape index (κ1) is 14.4. The zero-order chi connectivity index (χ0) is 13.7. The van der Waals surface area contributed by atoms with E-state index in [-0.39, 0.29) is 6.29 Å². The lowest BCUT2D eigenvalue weighted by molar-refractivity contribution is -0.129. The van der Waals surface area contributed by atoms with E-state index in [0.717, 1.165) is 13.1 Å². The summed E-state index contributed by atoms with van der Waals surface area (Å²) in [5.41, 5.74) is 2.78. The van der Waals surface area contributed by atoms with Crippen molar-refractivity contribution in [3.63, 3.8) is 0 Å². The van der Waals surface area contributed by atoms with Gasteiger partial charge < -0.3 is 14.4 Å². The van der Waals surface area contributed by atoms with E-state index in [1.807, 2.05) is 13.8 Å². The van der Waals surface area contributed by atoms with E-state index in [1.165, 1.54) is 17.7 Å². The van der Waals surface area contributed by atoms with Crippen molar-refractivity contribution < 1.29 is 9.47 Å². The van der Waals surface area contributed by atoms with E-state index in [0.29, 0.717) is 19.1 Å². The third kappa shape index (κ3) is 3.71. The van der Waals surface area contributed by atoms with E-state index >= 15 is 0 Å². The highest BCUT2D eigenvalue weighted by molar-refractivity contribution is 5.55. The van der Waals surface area contributed by atoms with Crippen LogP contribution < -0.4 is 4.90 Å². The van der Waals surface area contributed by atoms with Crippen LogP contribution in [0.3, 0.4) is 0 Å². The second-order valence-corrected chi connectivity index (χ2v) is 5.18. The molecule has 0 bridgehead atoms. The highest BCUT2D eigenvalue weighted by Gasteiger charge is 2.24. The highest BCUT2D eigenvalue weighted by atomic mass is 16.7. The first-order valence-corrected chi connectivity index (χ1v) is 7.30. The van der Waals surface area contributed by atoms with Gasteiger partial charge in [0, 0.05) is 25.4 Å². The number of benzene rings is 1. The number of hydrogen-bond acceptors (Lipinski definition) is 3. The van der Waals surface area contributed by atoms with Gasteiger partial charge in [-0.3, -0.25) is 0 Å². The van der Waals surface area contributed by atoms with Crippen LogP contribution >= 0.6 is 0 Å². The van der Waals surface area contributed by atoms with Crippen molar-refractivity contribution in [3.8, 4) is 0 Å². The van der Waals surface area contributed by atoms with Crippen molar-refractivity contribution in [2.45, 2.75) is 33.5 Å². The van der Waals surface area contributed by atoms with E-state index in [9.17, 15) is 0 Å². The summed E-state index contributed by atoms with van der Waals surface area (Å²) in [6, 6.07) is 8.67. The zero-order valence-electron chi connectivity index (χ0n) is 12.3. The van der Waals surface area contributed by atoms with Crippen LogP contribution in [0.25, 0.3) is 0 Å². The van der Waals surface area contributed by atoms with Crippen LogP contribution in [-0.4, -0.2) is 32.6 Å². The Labute approximate surface area is 116 Å². The third-order valence-corrected chi connectivity index (χ3v) is 3.51. The lowest BCUT2D eigenvalue weighted by atomic mass is 9.94. The number of para-hydroxylation sites is 1. The molecule has 1 aliphatic rings. The second-order valence-electron chi connectivity index (χ2n) is 5.18. The number of nitrogens with zero attached hydrogens (tertiary/aromatic N) is 1. The monoisotopic (exact) mass is 263 g/mol. The van der Waals surface area contributed by atoms with Gasteiger partial charge in [-0.1, -0.05) is 25.1 Å². The lowest BCUT2D eigenvalue weighted by Gasteiger charge is -2.36. The van der Waals surface area contributed by atoms with Gasteiger partial charge in [-0.25, -0.2) is 0 Å². The molecular weight excluding hydrogens is 238 g/mol. The van der Waals surface area contributed by atoms with Crippen molar-refractivity contribution in [1.82, 2.24) is 0 Å². The number of anilines is 1. The predicted octanol–water partition coefficient (Wildman–Crippen LogP) is 3.08. The summed E-state index contributed by atoms with van der Waals surface area (Å²) in [6.45, 7) is 9.60. The molecule has 1 aromatic rings. The first-order chi connectivity index (χ1) is 9.24. The minimum atomic E-state index is -0.131. The topological polar surface area (TPSA) is 21.7 Å². The number of ether oxygens (including phenoxy) is 2. The summed E-state index contributed by atoms with van der Waals surface area (Å²) in [4.78, 5) is 2.40. The van der Waals surface area contributed by atoms with E-state index in [4.69, 9.17) is 9.47 Å². The molecule has 1 aromatic carbocycles.